The van der Waals surface area contributed by atoms with Crippen LogP contribution in [0, 0.1) is 11.8 Å². The van der Waals surface area contributed by atoms with Crippen LogP contribution in [0.4, 0.5) is 0 Å². The molecule has 1 aliphatic carbocycles. The lowest BCUT2D eigenvalue weighted by Crippen LogP contribution is -2.12. The van der Waals surface area contributed by atoms with Gasteiger partial charge in [-0.3, -0.25) is 4.79 Å². The van der Waals surface area contributed by atoms with E-state index in [1.807, 2.05) is 38.1 Å². The van der Waals surface area contributed by atoms with E-state index in [2.05, 4.69) is 29.5 Å². The third-order valence-electron chi connectivity index (χ3n) is 5.45. The Bertz CT molecular complexity index is 784. The highest BCUT2D eigenvalue weighted by atomic mass is 16.5. The van der Waals surface area contributed by atoms with Crippen LogP contribution in [0.25, 0.3) is 0 Å². The van der Waals surface area contributed by atoms with Crippen LogP contribution >= 0.6 is 0 Å². The number of carbonyl (C=O) groups is 1. The molecule has 1 N–H and O–H groups in total. The Morgan fingerprint density at radius 2 is 2.03 bits per heavy atom. The summed E-state index contributed by atoms with van der Waals surface area (Å²) in [6, 6.07) is 7.57. The molecular formula is C26H37NO5. The SMILES string of the molecule is COc1cccc(OCC/C=C/[C@H]2/C(=N\O)CC[C@@H]2C/C=C\CCCC(=O)OC(C)C)c1. The van der Waals surface area contributed by atoms with E-state index in [0.717, 1.165) is 55.7 Å². The predicted molar refractivity (Wildman–Crippen MR) is 127 cm³/mol. The van der Waals surface area contributed by atoms with Crippen molar-refractivity contribution in [3.63, 3.8) is 0 Å². The molecule has 0 spiro atoms. The predicted octanol–water partition coefficient (Wildman–Crippen LogP) is 5.94. The average Bonchev–Trinajstić information content (AvgIpc) is 3.17. The van der Waals surface area contributed by atoms with E-state index in [0.29, 0.717) is 18.9 Å². The largest absolute Gasteiger partial charge is 0.497 e. The molecule has 1 aromatic carbocycles. The number of benzene rings is 1. The Kier molecular flexibility index (Phi) is 11.4. The fourth-order valence-corrected chi connectivity index (χ4v) is 3.85. The standard InChI is InChI=1S/C26H37NO5/c1-20(2)32-26(28)15-7-5-4-6-11-21-16-17-25(27-29)24(21)14-8-9-18-31-23-13-10-12-22(19-23)30-3/h4,6,8,10,12-14,19-21,24,29H,5,7,9,11,15-18H2,1-3H3/b6-4-,14-8+,27-25-/t21-,24+/m0/s1. The number of oxime groups is 1. The van der Waals surface area contributed by atoms with Crippen LogP contribution in [0.15, 0.2) is 53.7 Å². The van der Waals surface area contributed by atoms with Gasteiger partial charge in [0, 0.05) is 18.4 Å². The van der Waals surface area contributed by atoms with E-state index >= 15 is 0 Å². The second kappa shape index (κ2) is 14.3. The summed E-state index contributed by atoms with van der Waals surface area (Å²) in [5, 5.41) is 12.9. The Morgan fingerprint density at radius 3 is 2.78 bits per heavy atom. The molecular weight excluding hydrogens is 406 g/mol. The Labute approximate surface area is 191 Å². The first-order valence-electron chi connectivity index (χ1n) is 11.5. The number of ether oxygens (including phenoxy) is 3. The van der Waals surface area contributed by atoms with Crippen molar-refractivity contribution in [3.8, 4) is 11.5 Å². The first-order chi connectivity index (χ1) is 15.5. The minimum atomic E-state index is -0.131. The van der Waals surface area contributed by atoms with Crippen molar-refractivity contribution >= 4 is 11.7 Å². The molecule has 1 saturated carbocycles. The van der Waals surface area contributed by atoms with Crippen LogP contribution < -0.4 is 9.47 Å². The van der Waals surface area contributed by atoms with Crippen molar-refractivity contribution in [3.05, 3.63) is 48.6 Å². The summed E-state index contributed by atoms with van der Waals surface area (Å²) in [5.41, 5.74) is 0.852. The van der Waals surface area contributed by atoms with Gasteiger partial charge in [-0.2, -0.15) is 0 Å². The number of rotatable bonds is 13. The lowest BCUT2D eigenvalue weighted by atomic mass is 9.91. The number of esters is 1. The minimum absolute atomic E-state index is 0.0544. The van der Waals surface area contributed by atoms with Crippen molar-refractivity contribution < 1.29 is 24.2 Å². The van der Waals surface area contributed by atoms with Crippen molar-refractivity contribution in [1.82, 2.24) is 0 Å². The molecule has 0 heterocycles. The Hall–Kier alpha value is -2.76. The molecule has 0 aromatic heterocycles. The lowest BCUT2D eigenvalue weighted by molar-refractivity contribution is -0.147. The molecule has 0 radical (unpaired) electrons. The number of nitrogens with zero attached hydrogens (tertiary/aromatic N) is 1. The third kappa shape index (κ3) is 9.16. The second-order valence-electron chi connectivity index (χ2n) is 8.30. The lowest BCUT2D eigenvalue weighted by Gasteiger charge is -2.14. The summed E-state index contributed by atoms with van der Waals surface area (Å²) in [6.07, 6.45) is 14.2. The molecule has 32 heavy (non-hydrogen) atoms. The summed E-state index contributed by atoms with van der Waals surface area (Å²) in [4.78, 5) is 11.6. The van der Waals surface area contributed by atoms with E-state index in [9.17, 15) is 10.0 Å². The molecule has 6 heteroatoms. The number of carbonyl (C=O) groups excluding carboxylic acids is 1. The van der Waals surface area contributed by atoms with Crippen LogP contribution in [0.1, 0.15) is 58.8 Å². The molecule has 0 saturated heterocycles. The highest BCUT2D eigenvalue weighted by Gasteiger charge is 2.30. The molecule has 2 atom stereocenters. The first kappa shape index (κ1) is 25.5. The van der Waals surface area contributed by atoms with Crippen molar-refractivity contribution in [2.45, 2.75) is 64.9 Å². The van der Waals surface area contributed by atoms with Crippen LogP contribution in [0.2, 0.25) is 0 Å². The fourth-order valence-electron chi connectivity index (χ4n) is 3.85. The van der Waals surface area contributed by atoms with E-state index in [1.165, 1.54) is 0 Å². The molecule has 0 unspecified atom stereocenters. The highest BCUT2D eigenvalue weighted by Crippen LogP contribution is 2.34. The van der Waals surface area contributed by atoms with E-state index < -0.39 is 0 Å². The topological polar surface area (TPSA) is 77.4 Å². The number of unbranched alkanes of at least 4 members (excludes halogenated alkanes) is 1. The quantitative estimate of drug-likeness (QED) is 0.134. The number of hydrogen-bond acceptors (Lipinski definition) is 6. The molecule has 1 fully saturated rings. The zero-order chi connectivity index (χ0) is 23.2. The molecule has 176 valence electrons. The molecule has 1 aromatic rings. The molecule has 0 bridgehead atoms. The fraction of sp³-hybridized carbons (Fsp3) is 0.538. The number of hydrogen-bond donors (Lipinski definition) is 1. The summed E-state index contributed by atoms with van der Waals surface area (Å²) < 4.78 is 16.1. The first-order valence-corrected chi connectivity index (χ1v) is 11.5. The van der Waals surface area contributed by atoms with Gasteiger partial charge < -0.3 is 19.4 Å². The summed E-state index contributed by atoms with van der Waals surface area (Å²) in [7, 11) is 1.64. The van der Waals surface area contributed by atoms with Crippen LogP contribution in [0.3, 0.4) is 0 Å². The van der Waals surface area contributed by atoms with E-state index in [-0.39, 0.29) is 18.0 Å². The molecule has 6 nitrogen and oxygen atoms in total. The average molecular weight is 444 g/mol. The summed E-state index contributed by atoms with van der Waals surface area (Å²) in [6.45, 7) is 4.30. The third-order valence-corrected chi connectivity index (χ3v) is 5.45. The smallest absolute Gasteiger partial charge is 0.306 e. The van der Waals surface area contributed by atoms with Gasteiger partial charge in [-0.15, -0.1) is 0 Å². The Morgan fingerprint density at radius 1 is 1.22 bits per heavy atom. The van der Waals surface area contributed by atoms with Crippen LogP contribution in [-0.4, -0.2) is 36.7 Å². The second-order valence-corrected chi connectivity index (χ2v) is 8.30. The maximum atomic E-state index is 11.6. The van der Waals surface area contributed by atoms with E-state index in [1.54, 1.807) is 7.11 Å². The van der Waals surface area contributed by atoms with Gasteiger partial charge in [0.15, 0.2) is 0 Å². The molecule has 0 amide bonds. The van der Waals surface area contributed by atoms with Gasteiger partial charge >= 0.3 is 5.97 Å². The maximum absolute atomic E-state index is 11.6. The highest BCUT2D eigenvalue weighted by molar-refractivity contribution is 5.90. The maximum Gasteiger partial charge on any atom is 0.306 e. The Balaban J connectivity index is 1.73. The number of methoxy groups -OCH3 is 1. The minimum Gasteiger partial charge on any atom is -0.497 e. The van der Waals surface area contributed by atoms with Crippen LogP contribution in [-0.2, 0) is 9.53 Å². The van der Waals surface area contributed by atoms with Gasteiger partial charge in [-0.25, -0.2) is 0 Å². The normalized spacial score (nSPS) is 19.9. The van der Waals surface area contributed by atoms with Crippen molar-refractivity contribution in [2.24, 2.45) is 17.0 Å². The van der Waals surface area contributed by atoms with Gasteiger partial charge in [0.1, 0.15) is 11.5 Å². The van der Waals surface area contributed by atoms with Gasteiger partial charge in [0.05, 0.1) is 25.5 Å². The van der Waals surface area contributed by atoms with Crippen LogP contribution in [0.5, 0.6) is 11.5 Å². The summed E-state index contributed by atoms with van der Waals surface area (Å²) >= 11 is 0. The van der Waals surface area contributed by atoms with Crippen molar-refractivity contribution in [2.75, 3.05) is 13.7 Å². The van der Waals surface area contributed by atoms with Gasteiger partial charge in [-0.05, 0) is 70.4 Å². The van der Waals surface area contributed by atoms with Gasteiger partial charge in [-0.1, -0.05) is 35.5 Å². The van der Waals surface area contributed by atoms with E-state index in [4.69, 9.17) is 14.2 Å². The van der Waals surface area contributed by atoms with Crippen molar-refractivity contribution in [1.29, 1.82) is 0 Å². The number of allylic oxidation sites excluding steroid dienone is 3. The zero-order valence-electron chi connectivity index (χ0n) is 19.5. The monoisotopic (exact) mass is 443 g/mol. The van der Waals surface area contributed by atoms with Gasteiger partial charge in [0.25, 0.3) is 0 Å². The zero-order valence-corrected chi connectivity index (χ0v) is 19.5. The summed E-state index contributed by atoms with van der Waals surface area (Å²) in [5.74, 6) is 2.02. The van der Waals surface area contributed by atoms with Gasteiger partial charge in [0.2, 0.25) is 0 Å². The molecule has 1 aliphatic rings. The molecule has 2 rings (SSSR count). The molecule has 0 aliphatic heterocycles.